The van der Waals surface area contributed by atoms with Gasteiger partial charge in [0.25, 0.3) is 0 Å². The Balaban J connectivity index is 1.64. The SMILES string of the molecule is CCC(O)(CC1CC2CCC1C2)C1CC1. The molecular weight excluding hydrogens is 184 g/mol. The largest absolute Gasteiger partial charge is 0.390 e. The fraction of sp³-hybridized carbons (Fsp3) is 1.00. The molecule has 0 aromatic heterocycles. The zero-order chi connectivity index (χ0) is 10.5. The highest BCUT2D eigenvalue weighted by Gasteiger charge is 2.48. The Morgan fingerprint density at radius 1 is 1.13 bits per heavy atom. The van der Waals surface area contributed by atoms with Crippen LogP contribution in [0.1, 0.15) is 58.3 Å². The Bertz CT molecular complexity index is 246. The third kappa shape index (κ3) is 1.73. The Morgan fingerprint density at radius 2 is 1.93 bits per heavy atom. The van der Waals surface area contributed by atoms with Gasteiger partial charge in [0.15, 0.2) is 0 Å². The fourth-order valence-corrected chi connectivity index (χ4v) is 4.30. The van der Waals surface area contributed by atoms with Crippen molar-refractivity contribution < 1.29 is 5.11 Å². The monoisotopic (exact) mass is 208 g/mol. The number of fused-ring (bicyclic) bond motifs is 2. The highest BCUT2D eigenvalue weighted by atomic mass is 16.3. The lowest BCUT2D eigenvalue weighted by Gasteiger charge is -2.33. The van der Waals surface area contributed by atoms with Crippen molar-refractivity contribution in [2.24, 2.45) is 23.7 Å². The number of aliphatic hydroxyl groups is 1. The van der Waals surface area contributed by atoms with Crippen LogP contribution in [0.25, 0.3) is 0 Å². The Hall–Kier alpha value is -0.0400. The quantitative estimate of drug-likeness (QED) is 0.751. The van der Waals surface area contributed by atoms with Crippen molar-refractivity contribution in [1.82, 2.24) is 0 Å². The van der Waals surface area contributed by atoms with Crippen LogP contribution in [0.4, 0.5) is 0 Å². The molecule has 4 unspecified atom stereocenters. The van der Waals surface area contributed by atoms with Gasteiger partial charge < -0.3 is 5.11 Å². The van der Waals surface area contributed by atoms with E-state index in [-0.39, 0.29) is 5.60 Å². The Kier molecular flexibility index (Phi) is 2.35. The topological polar surface area (TPSA) is 20.2 Å². The van der Waals surface area contributed by atoms with Crippen molar-refractivity contribution in [3.63, 3.8) is 0 Å². The molecule has 0 spiro atoms. The molecule has 0 aromatic carbocycles. The average molecular weight is 208 g/mol. The second-order valence-electron chi connectivity index (χ2n) is 6.37. The van der Waals surface area contributed by atoms with Crippen LogP contribution in [0.5, 0.6) is 0 Å². The van der Waals surface area contributed by atoms with Crippen molar-refractivity contribution in [3.05, 3.63) is 0 Å². The first-order valence-corrected chi connectivity index (χ1v) is 6.93. The summed E-state index contributed by atoms with van der Waals surface area (Å²) < 4.78 is 0. The van der Waals surface area contributed by atoms with Crippen LogP contribution in [0.15, 0.2) is 0 Å². The fourth-order valence-electron chi connectivity index (χ4n) is 4.30. The van der Waals surface area contributed by atoms with Crippen molar-refractivity contribution in [2.45, 2.75) is 63.9 Å². The molecule has 3 aliphatic rings. The third-order valence-corrected chi connectivity index (χ3v) is 5.45. The molecule has 4 atom stereocenters. The van der Waals surface area contributed by atoms with E-state index in [1.807, 2.05) is 0 Å². The molecule has 15 heavy (non-hydrogen) atoms. The minimum atomic E-state index is -0.283. The van der Waals surface area contributed by atoms with Crippen LogP contribution in [-0.2, 0) is 0 Å². The van der Waals surface area contributed by atoms with Gasteiger partial charge in [-0.25, -0.2) is 0 Å². The van der Waals surface area contributed by atoms with Gasteiger partial charge in [-0.05, 0) is 68.6 Å². The molecule has 3 fully saturated rings. The molecule has 86 valence electrons. The van der Waals surface area contributed by atoms with Gasteiger partial charge >= 0.3 is 0 Å². The molecule has 2 bridgehead atoms. The van der Waals surface area contributed by atoms with E-state index >= 15 is 0 Å². The van der Waals surface area contributed by atoms with Gasteiger partial charge in [-0.15, -0.1) is 0 Å². The number of hydrogen-bond acceptors (Lipinski definition) is 1. The first kappa shape index (κ1) is 10.1. The van der Waals surface area contributed by atoms with E-state index in [0.717, 1.165) is 30.6 Å². The standard InChI is InChI=1S/C14H24O/c1-2-14(15,13-5-6-13)9-12-8-10-3-4-11(12)7-10/h10-13,15H,2-9H2,1H3. The van der Waals surface area contributed by atoms with Crippen LogP contribution in [0.2, 0.25) is 0 Å². The molecule has 0 saturated heterocycles. The maximum atomic E-state index is 10.6. The molecule has 1 N–H and O–H groups in total. The van der Waals surface area contributed by atoms with Crippen molar-refractivity contribution in [1.29, 1.82) is 0 Å². The Labute approximate surface area is 93.3 Å². The molecule has 3 aliphatic carbocycles. The molecule has 3 saturated carbocycles. The number of rotatable bonds is 4. The number of hydrogen-bond donors (Lipinski definition) is 1. The van der Waals surface area contributed by atoms with E-state index < -0.39 is 0 Å². The molecule has 1 nitrogen and oxygen atoms in total. The predicted molar refractivity (Wildman–Crippen MR) is 61.5 cm³/mol. The molecule has 1 heteroatoms. The summed E-state index contributed by atoms with van der Waals surface area (Å²) in [7, 11) is 0. The average Bonchev–Trinajstić information content (AvgIpc) is 2.92. The maximum absolute atomic E-state index is 10.6. The predicted octanol–water partition coefficient (Wildman–Crippen LogP) is 3.36. The smallest absolute Gasteiger partial charge is 0.0676 e. The zero-order valence-corrected chi connectivity index (χ0v) is 9.91. The highest BCUT2D eigenvalue weighted by Crippen LogP contribution is 2.54. The normalized spacial score (nSPS) is 43.2. The van der Waals surface area contributed by atoms with E-state index in [2.05, 4.69) is 6.92 Å². The molecule has 0 aliphatic heterocycles. The zero-order valence-electron chi connectivity index (χ0n) is 9.91. The van der Waals surface area contributed by atoms with Crippen molar-refractivity contribution >= 4 is 0 Å². The Morgan fingerprint density at radius 3 is 2.40 bits per heavy atom. The highest BCUT2D eigenvalue weighted by molar-refractivity contribution is 4.99. The molecule has 0 heterocycles. The second-order valence-corrected chi connectivity index (χ2v) is 6.37. The van der Waals surface area contributed by atoms with Gasteiger partial charge in [-0.2, -0.15) is 0 Å². The summed E-state index contributed by atoms with van der Waals surface area (Å²) in [5.74, 6) is 3.53. The van der Waals surface area contributed by atoms with Crippen LogP contribution in [-0.4, -0.2) is 10.7 Å². The van der Waals surface area contributed by atoms with E-state index in [1.54, 1.807) is 0 Å². The van der Waals surface area contributed by atoms with E-state index in [0.29, 0.717) is 5.92 Å². The first-order chi connectivity index (χ1) is 7.21. The van der Waals surface area contributed by atoms with Crippen LogP contribution >= 0.6 is 0 Å². The van der Waals surface area contributed by atoms with Crippen LogP contribution in [0, 0.1) is 23.7 Å². The second kappa shape index (κ2) is 3.48. The van der Waals surface area contributed by atoms with Crippen molar-refractivity contribution in [3.8, 4) is 0 Å². The third-order valence-electron chi connectivity index (χ3n) is 5.45. The molecule has 0 amide bonds. The van der Waals surface area contributed by atoms with E-state index in [1.165, 1.54) is 38.5 Å². The van der Waals surface area contributed by atoms with Crippen LogP contribution in [0.3, 0.4) is 0 Å². The van der Waals surface area contributed by atoms with E-state index in [4.69, 9.17) is 0 Å². The van der Waals surface area contributed by atoms with Gasteiger partial charge in [0.2, 0.25) is 0 Å². The van der Waals surface area contributed by atoms with Gasteiger partial charge in [0, 0.05) is 0 Å². The van der Waals surface area contributed by atoms with Gasteiger partial charge in [-0.3, -0.25) is 0 Å². The molecular formula is C14H24O. The summed E-state index contributed by atoms with van der Waals surface area (Å²) in [6, 6.07) is 0. The summed E-state index contributed by atoms with van der Waals surface area (Å²) in [5, 5.41) is 10.6. The molecule has 0 aromatic rings. The van der Waals surface area contributed by atoms with Gasteiger partial charge in [0.1, 0.15) is 0 Å². The first-order valence-electron chi connectivity index (χ1n) is 6.93. The van der Waals surface area contributed by atoms with Gasteiger partial charge in [0.05, 0.1) is 5.60 Å². The summed E-state index contributed by atoms with van der Waals surface area (Å²) in [4.78, 5) is 0. The molecule has 0 radical (unpaired) electrons. The lowest BCUT2D eigenvalue weighted by atomic mass is 9.77. The molecule has 3 rings (SSSR count). The minimum absolute atomic E-state index is 0.283. The lowest BCUT2D eigenvalue weighted by Crippen LogP contribution is -2.34. The maximum Gasteiger partial charge on any atom is 0.0676 e. The van der Waals surface area contributed by atoms with Gasteiger partial charge in [-0.1, -0.05) is 13.3 Å². The van der Waals surface area contributed by atoms with E-state index in [9.17, 15) is 5.11 Å². The summed E-state index contributed by atoms with van der Waals surface area (Å²) in [6.07, 6.45) is 10.5. The minimum Gasteiger partial charge on any atom is -0.390 e. The summed E-state index contributed by atoms with van der Waals surface area (Å²) in [6.45, 7) is 2.17. The van der Waals surface area contributed by atoms with Crippen LogP contribution < -0.4 is 0 Å². The summed E-state index contributed by atoms with van der Waals surface area (Å²) in [5.41, 5.74) is -0.283. The lowest BCUT2D eigenvalue weighted by molar-refractivity contribution is -0.0168. The summed E-state index contributed by atoms with van der Waals surface area (Å²) >= 11 is 0. The van der Waals surface area contributed by atoms with Crippen molar-refractivity contribution in [2.75, 3.05) is 0 Å².